The molecule has 0 bridgehead atoms. The lowest BCUT2D eigenvalue weighted by Gasteiger charge is -2.33. The summed E-state index contributed by atoms with van der Waals surface area (Å²) in [7, 11) is 0. The SMILES string of the molecule is C[C@@H]1CNCCN1C(=O)c1csc(-c2ccc(F)cc2)n1.Cl.Cl. The van der Waals surface area contributed by atoms with E-state index in [1.807, 2.05) is 11.8 Å². The van der Waals surface area contributed by atoms with E-state index >= 15 is 0 Å². The third-order valence-corrected chi connectivity index (χ3v) is 4.47. The van der Waals surface area contributed by atoms with E-state index in [9.17, 15) is 9.18 Å². The van der Waals surface area contributed by atoms with E-state index in [-0.39, 0.29) is 42.6 Å². The first kappa shape index (κ1) is 19.8. The molecule has 0 aliphatic carbocycles. The second-order valence-corrected chi connectivity index (χ2v) is 5.95. The maximum absolute atomic E-state index is 12.9. The molecule has 4 nitrogen and oxygen atoms in total. The van der Waals surface area contributed by atoms with Gasteiger partial charge in [-0.25, -0.2) is 9.37 Å². The summed E-state index contributed by atoms with van der Waals surface area (Å²) >= 11 is 1.41. The molecular formula is C15H18Cl2FN3OS. The van der Waals surface area contributed by atoms with Crippen LogP contribution in [0.5, 0.6) is 0 Å². The standard InChI is InChI=1S/C15H16FN3OS.2ClH/c1-10-8-17-6-7-19(10)15(20)13-9-21-14(18-13)11-2-4-12(16)5-3-11;;/h2-5,9-10,17H,6-8H2,1H3;2*1H/t10-;;/m1../s1. The average molecular weight is 378 g/mol. The lowest BCUT2D eigenvalue weighted by atomic mass is 10.2. The Morgan fingerprint density at radius 2 is 2.04 bits per heavy atom. The number of rotatable bonds is 2. The quantitative estimate of drug-likeness (QED) is 0.873. The number of aromatic nitrogens is 1. The van der Waals surface area contributed by atoms with Crippen molar-refractivity contribution in [3.63, 3.8) is 0 Å². The van der Waals surface area contributed by atoms with Crippen molar-refractivity contribution in [1.82, 2.24) is 15.2 Å². The number of nitrogens with zero attached hydrogens (tertiary/aromatic N) is 2. The molecule has 1 fully saturated rings. The molecule has 2 aromatic rings. The summed E-state index contributed by atoms with van der Waals surface area (Å²) in [6.45, 7) is 4.34. The molecule has 1 atom stereocenters. The van der Waals surface area contributed by atoms with Crippen LogP contribution in [0.3, 0.4) is 0 Å². The highest BCUT2D eigenvalue weighted by molar-refractivity contribution is 7.13. The highest BCUT2D eigenvalue weighted by Crippen LogP contribution is 2.24. The van der Waals surface area contributed by atoms with Gasteiger partial charge in [-0.3, -0.25) is 4.79 Å². The van der Waals surface area contributed by atoms with Crippen molar-refractivity contribution in [3.8, 4) is 10.6 Å². The molecule has 23 heavy (non-hydrogen) atoms. The average Bonchev–Trinajstić information content (AvgIpc) is 2.98. The van der Waals surface area contributed by atoms with Crippen LogP contribution in [0.15, 0.2) is 29.6 Å². The van der Waals surface area contributed by atoms with E-state index in [0.29, 0.717) is 12.2 Å². The van der Waals surface area contributed by atoms with Crippen LogP contribution in [0, 0.1) is 5.82 Å². The molecule has 8 heteroatoms. The van der Waals surface area contributed by atoms with Gasteiger partial charge in [-0.1, -0.05) is 0 Å². The van der Waals surface area contributed by atoms with E-state index in [0.717, 1.165) is 23.7 Å². The van der Waals surface area contributed by atoms with Crippen LogP contribution >= 0.6 is 36.2 Å². The molecule has 0 saturated carbocycles. The summed E-state index contributed by atoms with van der Waals surface area (Å²) in [5.74, 6) is -0.310. The maximum Gasteiger partial charge on any atom is 0.273 e. The smallest absolute Gasteiger partial charge is 0.273 e. The first-order chi connectivity index (χ1) is 10.1. The van der Waals surface area contributed by atoms with Crippen molar-refractivity contribution < 1.29 is 9.18 Å². The molecule has 1 aromatic heterocycles. The number of hydrogen-bond acceptors (Lipinski definition) is 4. The summed E-state index contributed by atoms with van der Waals surface area (Å²) < 4.78 is 12.9. The number of benzene rings is 1. The predicted molar refractivity (Wildman–Crippen MR) is 95.4 cm³/mol. The zero-order valence-electron chi connectivity index (χ0n) is 12.5. The summed E-state index contributed by atoms with van der Waals surface area (Å²) in [6.07, 6.45) is 0. The molecule has 0 unspecified atom stereocenters. The second-order valence-electron chi connectivity index (χ2n) is 5.10. The first-order valence-corrected chi connectivity index (χ1v) is 7.76. The number of halogens is 3. The Bertz CT molecular complexity index is 650. The number of hydrogen-bond donors (Lipinski definition) is 1. The zero-order chi connectivity index (χ0) is 14.8. The van der Waals surface area contributed by atoms with Crippen LogP contribution in [-0.4, -0.2) is 41.5 Å². The van der Waals surface area contributed by atoms with Gasteiger partial charge in [0.25, 0.3) is 5.91 Å². The Morgan fingerprint density at radius 3 is 2.70 bits per heavy atom. The summed E-state index contributed by atoms with van der Waals surface area (Å²) in [4.78, 5) is 18.7. The van der Waals surface area contributed by atoms with Crippen LogP contribution in [0.4, 0.5) is 4.39 Å². The molecule has 126 valence electrons. The molecule has 1 aliphatic heterocycles. The number of carbonyl (C=O) groups excluding carboxylic acids is 1. The molecule has 1 amide bonds. The largest absolute Gasteiger partial charge is 0.332 e. The van der Waals surface area contributed by atoms with Crippen LogP contribution in [0.25, 0.3) is 10.6 Å². The van der Waals surface area contributed by atoms with Gasteiger partial charge < -0.3 is 10.2 Å². The fourth-order valence-corrected chi connectivity index (χ4v) is 3.19. The third kappa shape index (κ3) is 4.41. The van der Waals surface area contributed by atoms with Gasteiger partial charge in [0.2, 0.25) is 0 Å². The highest BCUT2D eigenvalue weighted by Gasteiger charge is 2.25. The molecule has 1 aliphatic rings. The number of carbonyl (C=O) groups is 1. The van der Waals surface area contributed by atoms with Crippen molar-refractivity contribution in [1.29, 1.82) is 0 Å². The number of nitrogens with one attached hydrogen (secondary N) is 1. The molecule has 2 heterocycles. The fourth-order valence-electron chi connectivity index (χ4n) is 2.39. The van der Waals surface area contributed by atoms with E-state index in [2.05, 4.69) is 10.3 Å². The topological polar surface area (TPSA) is 45.2 Å². The molecule has 0 spiro atoms. The van der Waals surface area contributed by atoms with Crippen molar-refractivity contribution in [2.24, 2.45) is 0 Å². The monoisotopic (exact) mass is 377 g/mol. The summed E-state index contributed by atoms with van der Waals surface area (Å²) in [6, 6.07) is 6.32. The van der Waals surface area contributed by atoms with E-state index < -0.39 is 0 Å². The predicted octanol–water partition coefficient (Wildman–Crippen LogP) is 3.23. The van der Waals surface area contributed by atoms with Gasteiger partial charge >= 0.3 is 0 Å². The minimum atomic E-state index is -0.277. The first-order valence-electron chi connectivity index (χ1n) is 6.88. The van der Waals surface area contributed by atoms with Crippen molar-refractivity contribution in [3.05, 3.63) is 41.2 Å². The highest BCUT2D eigenvalue weighted by atomic mass is 35.5. The van der Waals surface area contributed by atoms with Gasteiger partial charge in [-0.05, 0) is 31.2 Å². The van der Waals surface area contributed by atoms with Gasteiger partial charge in [0, 0.05) is 36.6 Å². The molecule has 1 saturated heterocycles. The van der Waals surface area contributed by atoms with Crippen LogP contribution < -0.4 is 5.32 Å². The Balaban J connectivity index is 0.00000132. The Labute approximate surface area is 150 Å². The molecule has 3 rings (SSSR count). The lowest BCUT2D eigenvalue weighted by Crippen LogP contribution is -2.52. The zero-order valence-corrected chi connectivity index (χ0v) is 14.9. The number of thiazole rings is 1. The second kappa shape index (κ2) is 8.59. The van der Waals surface area contributed by atoms with Gasteiger partial charge in [0.05, 0.1) is 0 Å². The van der Waals surface area contributed by atoms with Crippen LogP contribution in [0.1, 0.15) is 17.4 Å². The van der Waals surface area contributed by atoms with Crippen LogP contribution in [-0.2, 0) is 0 Å². The fraction of sp³-hybridized carbons (Fsp3) is 0.333. The Kier molecular flexibility index (Phi) is 7.41. The Hall–Kier alpha value is -1.21. The number of amides is 1. The van der Waals surface area contributed by atoms with E-state index in [1.165, 1.54) is 23.5 Å². The molecule has 1 N–H and O–H groups in total. The molecular weight excluding hydrogens is 360 g/mol. The van der Waals surface area contributed by atoms with Crippen LogP contribution in [0.2, 0.25) is 0 Å². The minimum Gasteiger partial charge on any atom is -0.332 e. The van der Waals surface area contributed by atoms with E-state index in [4.69, 9.17) is 0 Å². The van der Waals surface area contributed by atoms with Gasteiger partial charge in [-0.2, -0.15) is 0 Å². The summed E-state index contributed by atoms with van der Waals surface area (Å²) in [5, 5.41) is 5.77. The van der Waals surface area contributed by atoms with Crippen molar-refractivity contribution in [2.75, 3.05) is 19.6 Å². The summed E-state index contributed by atoms with van der Waals surface area (Å²) in [5.41, 5.74) is 1.29. The normalized spacial score (nSPS) is 17.1. The van der Waals surface area contributed by atoms with Crippen molar-refractivity contribution >= 4 is 42.1 Å². The molecule has 0 radical (unpaired) electrons. The minimum absolute atomic E-state index is 0. The van der Waals surface area contributed by atoms with Gasteiger partial charge in [-0.15, -0.1) is 36.2 Å². The van der Waals surface area contributed by atoms with E-state index in [1.54, 1.807) is 17.5 Å². The van der Waals surface area contributed by atoms with Gasteiger partial charge in [0.1, 0.15) is 16.5 Å². The Morgan fingerprint density at radius 1 is 1.35 bits per heavy atom. The maximum atomic E-state index is 12.9. The van der Waals surface area contributed by atoms with Crippen molar-refractivity contribution in [2.45, 2.75) is 13.0 Å². The number of piperazine rings is 1. The van der Waals surface area contributed by atoms with Gasteiger partial charge in [0.15, 0.2) is 0 Å². The third-order valence-electron chi connectivity index (χ3n) is 3.58. The lowest BCUT2D eigenvalue weighted by molar-refractivity contribution is 0.0650. The molecule has 1 aromatic carbocycles.